The number of carbonyl (C=O) groups excluding carboxylic acids is 12. The van der Waals surface area contributed by atoms with Crippen molar-refractivity contribution >= 4 is 122 Å². The van der Waals surface area contributed by atoms with Crippen molar-refractivity contribution in [2.75, 3.05) is 116 Å². The Kier molecular flexibility index (Phi) is 43.0. The van der Waals surface area contributed by atoms with Crippen molar-refractivity contribution in [2.24, 2.45) is 27.3 Å². The van der Waals surface area contributed by atoms with Gasteiger partial charge in [-0.1, -0.05) is 76.1 Å². The van der Waals surface area contributed by atoms with Gasteiger partial charge in [-0.3, -0.25) is 67.3 Å². The first-order chi connectivity index (χ1) is 48.0. The first kappa shape index (κ1) is 85.3. The number of halogens is 1. The summed E-state index contributed by atoms with van der Waals surface area (Å²) in [6, 6.07) is 3.67. The highest BCUT2D eigenvalue weighted by Crippen LogP contribution is 2.24. The number of carboxylic acids is 1. The zero-order chi connectivity index (χ0) is 73.5. The van der Waals surface area contributed by atoms with Gasteiger partial charge in [-0.05, 0) is 61.8 Å². The summed E-state index contributed by atoms with van der Waals surface area (Å²) in [5.74, 6) is -12.7. The van der Waals surface area contributed by atoms with Gasteiger partial charge in [0, 0.05) is 57.0 Å². The lowest BCUT2D eigenvalue weighted by atomic mass is 10.0. The van der Waals surface area contributed by atoms with Crippen molar-refractivity contribution in [3.63, 3.8) is 0 Å². The van der Waals surface area contributed by atoms with E-state index in [2.05, 4.69) is 75.6 Å². The summed E-state index contributed by atoms with van der Waals surface area (Å²) in [7, 11) is 3.18. The number of aliphatic imine (C=N–C) groups is 1. The molecule has 100 heavy (non-hydrogen) atoms. The number of aliphatic carboxylic acids is 1. The Balaban J connectivity index is 0.00000106. The van der Waals surface area contributed by atoms with Crippen molar-refractivity contribution in [1.29, 1.82) is 0 Å². The molecular formula is C61H91FN16O19S3. The van der Waals surface area contributed by atoms with Gasteiger partial charge >= 0.3 is 5.97 Å². The second kappa shape index (κ2) is 50.4. The Bertz CT molecular complexity index is 3020. The molecule has 12 amide bonds. The Labute approximate surface area is 589 Å². The number of primary amides is 1. The molecule has 0 aromatic heterocycles. The fourth-order valence-corrected chi connectivity index (χ4v) is 11.8. The molecule has 554 valence electrons. The Morgan fingerprint density at radius 3 is 1.83 bits per heavy atom. The predicted octanol–water partition coefficient (Wildman–Crippen LogP) is -4.30. The van der Waals surface area contributed by atoms with Crippen molar-refractivity contribution in [1.82, 2.24) is 58.5 Å². The third-order valence-electron chi connectivity index (χ3n) is 13.5. The lowest BCUT2D eigenvalue weighted by Gasteiger charge is -2.27. The molecule has 39 heteroatoms. The molecule has 0 aliphatic carbocycles. The zero-order valence-corrected chi connectivity index (χ0v) is 58.0. The number of likely N-dealkylation sites (N-methyl/N-ethyl adjacent to an activating group) is 1. The van der Waals surface area contributed by atoms with Gasteiger partial charge in [0.15, 0.2) is 12.6 Å². The summed E-state index contributed by atoms with van der Waals surface area (Å²) in [6.07, 6.45) is 1.70. The molecule has 0 spiro atoms. The standard InChI is InChI=1S/C48H65FN14O13S3.C13H26N2O6/c1-52-41(69)34-23-77-26-39(66)57-31(10-5-6-16-53-38(65)22-76-56-20-28-12-14-29(49)15-13-28)43(71)62-35-24-78-79-25-36(47(75)60-32(44(72)61-34)18-27-8-3-2-4-9-27)63-45(73)33(19-40(67)68)58-37(64)21-55-42(70)30(59-46(35)74)11-7-17-54-48(50)51;1-2-4-18-6-8-20-9-7-19-5-3-15-13(17)11-21-10-12(14)16/h2-4,8-9,12-15,20,30-36H,5-7,10-11,16-19,21-26H2,1H3,(H,52,69)(H,53,65)(H,55,70)(H,57,66)(H,58,64)(H,59,74)(H,60,75)(H,61,72)(H,62,71)(H,63,73)(H,67,68)(H4,50,51,54);2-11H2,1H3,(H2,14,16)(H,15,17)/b56-20+;/t30-,31-,32-,33-,34-,35-,36-;/m0./s1. The Morgan fingerprint density at radius 1 is 0.620 bits per heavy atom. The molecule has 2 saturated heterocycles. The fraction of sp³-hybridized carbons (Fsp3) is 0.557. The number of hydrogen-bond acceptors (Lipinski definition) is 23. The summed E-state index contributed by atoms with van der Waals surface area (Å²) < 4.78 is 33.7. The van der Waals surface area contributed by atoms with E-state index in [0.29, 0.717) is 50.7 Å². The number of fused-ring (bicyclic) bond motifs is 5. The highest BCUT2D eigenvalue weighted by atomic mass is 33.1. The molecule has 2 fully saturated rings. The number of amides is 12. The monoisotopic (exact) mass is 1470 g/mol. The maximum absolute atomic E-state index is 14.4. The summed E-state index contributed by atoms with van der Waals surface area (Å²) in [5.41, 5.74) is 16.9. The molecule has 4 rings (SSSR count). The number of rotatable bonds is 33. The number of nitrogens with one attached hydrogen (secondary N) is 11. The first-order valence-electron chi connectivity index (χ1n) is 31.7. The van der Waals surface area contributed by atoms with E-state index >= 15 is 0 Å². The lowest BCUT2D eigenvalue weighted by Crippen LogP contribution is -2.60. The second-order valence-electron chi connectivity index (χ2n) is 21.8. The number of thioether (sulfide) groups is 1. The van der Waals surface area contributed by atoms with Crippen LogP contribution in [0.2, 0.25) is 0 Å². The highest BCUT2D eigenvalue weighted by molar-refractivity contribution is 8.76. The number of oxime groups is 1. The number of carbonyl (C=O) groups is 13. The van der Waals surface area contributed by atoms with Crippen LogP contribution < -0.4 is 75.7 Å². The number of benzene rings is 2. The molecule has 0 saturated carbocycles. The van der Waals surface area contributed by atoms with Gasteiger partial charge in [0.2, 0.25) is 65.0 Å². The fourth-order valence-electron chi connectivity index (χ4n) is 8.58. The van der Waals surface area contributed by atoms with Crippen LogP contribution in [0.4, 0.5) is 4.39 Å². The summed E-state index contributed by atoms with van der Waals surface area (Å²) in [4.78, 5) is 180. The van der Waals surface area contributed by atoms with Crippen LogP contribution in [0.25, 0.3) is 0 Å². The average Bonchev–Trinajstić information content (AvgIpc) is 1.03. The largest absolute Gasteiger partial charge is 0.481 e. The van der Waals surface area contributed by atoms with E-state index in [1.54, 1.807) is 30.3 Å². The highest BCUT2D eigenvalue weighted by Gasteiger charge is 2.35. The van der Waals surface area contributed by atoms with E-state index in [4.69, 9.17) is 41.0 Å². The van der Waals surface area contributed by atoms with E-state index in [1.807, 2.05) is 0 Å². The molecule has 2 aliphatic heterocycles. The molecule has 18 N–H and O–H groups in total. The quantitative estimate of drug-likeness (QED) is 0.0106. The van der Waals surface area contributed by atoms with Crippen molar-refractivity contribution in [3.05, 3.63) is 71.5 Å². The maximum atomic E-state index is 14.4. The van der Waals surface area contributed by atoms with Crippen molar-refractivity contribution in [3.8, 4) is 0 Å². The van der Waals surface area contributed by atoms with Gasteiger partial charge < -0.3 is 105 Å². The van der Waals surface area contributed by atoms with Crippen LogP contribution in [-0.2, 0) is 92.5 Å². The van der Waals surface area contributed by atoms with Gasteiger partial charge in [0.05, 0.1) is 58.0 Å². The van der Waals surface area contributed by atoms with E-state index < -0.39 is 139 Å². The van der Waals surface area contributed by atoms with Crippen LogP contribution in [-0.4, -0.2) is 252 Å². The lowest BCUT2D eigenvalue weighted by molar-refractivity contribution is -0.141. The summed E-state index contributed by atoms with van der Waals surface area (Å²) in [5, 5.41) is 41.4. The molecule has 0 radical (unpaired) electrons. The van der Waals surface area contributed by atoms with E-state index in [0.717, 1.165) is 46.4 Å². The van der Waals surface area contributed by atoms with Crippen LogP contribution in [0.1, 0.15) is 63.0 Å². The van der Waals surface area contributed by atoms with Crippen LogP contribution in [0.3, 0.4) is 0 Å². The predicted molar refractivity (Wildman–Crippen MR) is 368 cm³/mol. The summed E-state index contributed by atoms with van der Waals surface area (Å²) >= 11 is 0.924. The van der Waals surface area contributed by atoms with Crippen LogP contribution in [0, 0.1) is 5.82 Å². The minimum atomic E-state index is -1.79. The summed E-state index contributed by atoms with van der Waals surface area (Å²) in [6.45, 7) is 4.06. The number of ether oxygens (including phenoxy) is 4. The van der Waals surface area contributed by atoms with E-state index in [9.17, 15) is 71.8 Å². The molecule has 2 aromatic carbocycles. The van der Waals surface area contributed by atoms with Crippen LogP contribution >= 0.6 is 33.3 Å². The SMILES string of the molecule is CCCOCCOCCOCCNC(=O)COCC(N)=O.CNC(=O)[C@@H]1CSCC(=O)N[C@@H](CCCCNC(=O)CO/N=C/c2ccc(F)cc2)C(=O)N[C@H]2CSSC[C@H](NC(=O)[C@H](CC(=O)O)NC(=O)CNC(=O)[C@H](CCCN=C(N)N)NC2=O)C(=O)N[C@@H](Cc2ccccc2)C(=O)N1. The van der Waals surface area contributed by atoms with Crippen molar-refractivity contribution in [2.45, 2.75) is 101 Å². The third-order valence-corrected chi connectivity index (χ3v) is 17.0. The Morgan fingerprint density at radius 2 is 1.20 bits per heavy atom. The number of unbranched alkanes of at least 4 members (excludes halogenated alkanes) is 1. The van der Waals surface area contributed by atoms with Crippen molar-refractivity contribution < 1.29 is 95.6 Å². The smallest absolute Gasteiger partial charge is 0.305 e. The third kappa shape index (κ3) is 38.5. The number of nitrogens with zero attached hydrogens (tertiary/aromatic N) is 2. The van der Waals surface area contributed by atoms with Crippen LogP contribution in [0.15, 0.2) is 64.7 Å². The molecule has 2 bridgehead atoms. The normalized spacial score (nSPS) is 20.0. The average molecular weight is 1470 g/mol. The maximum Gasteiger partial charge on any atom is 0.305 e. The number of nitrogens with two attached hydrogens (primary N) is 3. The Hall–Kier alpha value is -8.89. The zero-order valence-electron chi connectivity index (χ0n) is 55.5. The first-order valence-corrected chi connectivity index (χ1v) is 35.4. The van der Waals surface area contributed by atoms with Gasteiger partial charge in [-0.15, -0.1) is 11.8 Å². The topological polar surface area (TPSA) is 523 Å². The van der Waals surface area contributed by atoms with Gasteiger partial charge in [-0.25, -0.2) is 4.39 Å². The van der Waals surface area contributed by atoms with Gasteiger partial charge in [-0.2, -0.15) is 0 Å². The molecule has 7 atom stereocenters. The molecule has 0 unspecified atom stereocenters. The van der Waals surface area contributed by atoms with Gasteiger partial charge in [0.1, 0.15) is 61.3 Å². The van der Waals surface area contributed by atoms with Gasteiger partial charge in [0.25, 0.3) is 5.91 Å². The van der Waals surface area contributed by atoms with Crippen LogP contribution in [0.5, 0.6) is 0 Å². The van der Waals surface area contributed by atoms with E-state index in [-0.39, 0.29) is 99.7 Å². The molecular weight excluding hydrogens is 1380 g/mol. The molecule has 35 nitrogen and oxygen atoms in total. The van der Waals surface area contributed by atoms with E-state index in [1.165, 1.54) is 37.5 Å². The number of guanidine groups is 1. The minimum Gasteiger partial charge on any atom is -0.481 e. The minimum absolute atomic E-state index is 0.0184. The number of carboxylic acid groups (broad SMARTS) is 1. The second-order valence-corrected chi connectivity index (χ2v) is 25.3. The molecule has 2 aliphatic rings. The number of hydrogen-bond donors (Lipinski definition) is 15. The molecule has 2 aromatic rings. The molecule has 2 heterocycles.